The smallest absolute Gasteiger partial charge is 0.240 e. The van der Waals surface area contributed by atoms with E-state index >= 15 is 0 Å². The van der Waals surface area contributed by atoms with Crippen molar-refractivity contribution in [1.82, 2.24) is 4.72 Å². The van der Waals surface area contributed by atoms with Gasteiger partial charge in [0.2, 0.25) is 10.0 Å². The van der Waals surface area contributed by atoms with Crippen LogP contribution in [0.3, 0.4) is 0 Å². The van der Waals surface area contributed by atoms with Gasteiger partial charge in [-0.05, 0) is 30.0 Å². The van der Waals surface area contributed by atoms with Gasteiger partial charge < -0.3 is 5.11 Å². The summed E-state index contributed by atoms with van der Waals surface area (Å²) in [4.78, 5) is 0.0710. The lowest BCUT2D eigenvalue weighted by Crippen LogP contribution is -2.34. The Morgan fingerprint density at radius 3 is 2.42 bits per heavy atom. The van der Waals surface area contributed by atoms with Crippen molar-refractivity contribution in [3.63, 3.8) is 0 Å². The normalized spacial score (nSPS) is 12.7. The first-order valence-electron chi connectivity index (χ1n) is 5.73. The molecule has 7 heteroatoms. The third-order valence-electron chi connectivity index (χ3n) is 2.73. The van der Waals surface area contributed by atoms with Crippen molar-refractivity contribution >= 4 is 33.2 Å². The van der Waals surface area contributed by atoms with Crippen LogP contribution in [0.15, 0.2) is 23.1 Å². The molecule has 0 fully saturated rings. The van der Waals surface area contributed by atoms with Gasteiger partial charge in [-0.1, -0.05) is 37.0 Å². The fraction of sp³-hybridized carbons (Fsp3) is 0.500. The number of hydrogen-bond donors (Lipinski definition) is 2. The Morgan fingerprint density at radius 2 is 1.89 bits per heavy atom. The van der Waals surface area contributed by atoms with E-state index in [2.05, 4.69) is 4.72 Å². The highest BCUT2D eigenvalue weighted by Gasteiger charge is 2.22. The lowest BCUT2D eigenvalue weighted by atomic mass is 9.90. The van der Waals surface area contributed by atoms with Crippen molar-refractivity contribution < 1.29 is 13.5 Å². The van der Waals surface area contributed by atoms with Crippen LogP contribution in [0, 0.1) is 5.41 Å². The first kappa shape index (κ1) is 16.7. The summed E-state index contributed by atoms with van der Waals surface area (Å²) in [6.07, 6.45) is 0.511. The molecule has 1 aromatic carbocycles. The molecule has 0 aliphatic carbocycles. The summed E-state index contributed by atoms with van der Waals surface area (Å²) in [6, 6.07) is 4.15. The summed E-state index contributed by atoms with van der Waals surface area (Å²) in [6.45, 7) is 4.00. The first-order valence-corrected chi connectivity index (χ1v) is 7.97. The summed E-state index contributed by atoms with van der Waals surface area (Å²) in [5, 5.41) is 9.41. The lowest BCUT2D eigenvalue weighted by Gasteiger charge is -2.23. The van der Waals surface area contributed by atoms with Crippen LogP contribution in [-0.4, -0.2) is 26.7 Å². The molecule has 0 bridgehead atoms. The second kappa shape index (κ2) is 6.41. The molecule has 0 aromatic heterocycles. The van der Waals surface area contributed by atoms with Crippen LogP contribution in [0.25, 0.3) is 0 Å². The van der Waals surface area contributed by atoms with Crippen molar-refractivity contribution in [1.29, 1.82) is 0 Å². The topological polar surface area (TPSA) is 66.4 Å². The Kier molecular flexibility index (Phi) is 5.65. The zero-order chi connectivity index (χ0) is 14.7. The minimum atomic E-state index is -3.63. The summed E-state index contributed by atoms with van der Waals surface area (Å²) < 4.78 is 26.6. The van der Waals surface area contributed by atoms with Crippen molar-refractivity contribution in [2.24, 2.45) is 5.41 Å². The Bertz CT molecular complexity index is 544. The summed E-state index contributed by atoms with van der Waals surface area (Å²) in [7, 11) is -3.63. The molecule has 0 heterocycles. The first-order chi connectivity index (χ1) is 8.68. The second-order valence-corrected chi connectivity index (χ2v) is 7.62. The molecule has 0 spiro atoms. The molecule has 108 valence electrons. The average Bonchev–Trinajstić information content (AvgIpc) is 2.30. The molecule has 0 saturated heterocycles. The molecule has 0 radical (unpaired) electrons. The molecule has 0 saturated carbocycles. The van der Waals surface area contributed by atoms with Gasteiger partial charge in [0, 0.05) is 13.2 Å². The second-order valence-electron chi connectivity index (χ2n) is 5.04. The van der Waals surface area contributed by atoms with E-state index < -0.39 is 10.0 Å². The van der Waals surface area contributed by atoms with E-state index in [-0.39, 0.29) is 28.5 Å². The highest BCUT2D eigenvalue weighted by atomic mass is 35.5. The van der Waals surface area contributed by atoms with Crippen LogP contribution in [0.5, 0.6) is 0 Å². The van der Waals surface area contributed by atoms with Gasteiger partial charge >= 0.3 is 0 Å². The molecule has 0 atom stereocenters. The minimum Gasteiger partial charge on any atom is -0.396 e. The largest absolute Gasteiger partial charge is 0.396 e. The van der Waals surface area contributed by atoms with E-state index in [1.165, 1.54) is 18.2 Å². The van der Waals surface area contributed by atoms with Crippen molar-refractivity contribution in [3.05, 3.63) is 28.2 Å². The molecule has 19 heavy (non-hydrogen) atoms. The van der Waals surface area contributed by atoms with Gasteiger partial charge in [-0.15, -0.1) is 0 Å². The molecule has 0 unspecified atom stereocenters. The number of aliphatic hydroxyl groups excluding tert-OH is 1. The fourth-order valence-corrected chi connectivity index (χ4v) is 3.04. The van der Waals surface area contributed by atoms with E-state index in [1.807, 2.05) is 13.8 Å². The molecule has 2 N–H and O–H groups in total. The zero-order valence-corrected chi connectivity index (χ0v) is 13.1. The summed E-state index contributed by atoms with van der Waals surface area (Å²) in [5.41, 5.74) is -0.321. The highest BCUT2D eigenvalue weighted by molar-refractivity contribution is 7.89. The molecular weight excluding hydrogens is 309 g/mol. The molecule has 0 amide bonds. The number of halogens is 2. The van der Waals surface area contributed by atoms with Gasteiger partial charge in [0.15, 0.2) is 0 Å². The monoisotopic (exact) mass is 325 g/mol. The maximum Gasteiger partial charge on any atom is 0.240 e. The van der Waals surface area contributed by atoms with Crippen molar-refractivity contribution in [3.8, 4) is 0 Å². The van der Waals surface area contributed by atoms with Crippen molar-refractivity contribution in [2.75, 3.05) is 13.2 Å². The van der Waals surface area contributed by atoms with Gasteiger partial charge in [-0.25, -0.2) is 13.1 Å². The Labute approximate surface area is 123 Å². The standard InChI is InChI=1S/C12H17Cl2NO3S/c1-12(2,5-6-16)8-15-19(17,18)9-3-4-10(13)11(14)7-9/h3-4,7,15-16H,5-6,8H2,1-2H3. The predicted molar refractivity (Wildman–Crippen MR) is 77.1 cm³/mol. The Morgan fingerprint density at radius 1 is 1.26 bits per heavy atom. The van der Waals surface area contributed by atoms with Crippen LogP contribution < -0.4 is 4.72 Å². The lowest BCUT2D eigenvalue weighted by molar-refractivity contribution is 0.213. The van der Waals surface area contributed by atoms with E-state index in [0.29, 0.717) is 11.4 Å². The van der Waals surface area contributed by atoms with Crippen LogP contribution in [0.2, 0.25) is 10.0 Å². The van der Waals surface area contributed by atoms with Gasteiger partial charge in [0.1, 0.15) is 0 Å². The van der Waals surface area contributed by atoms with Crippen LogP contribution >= 0.6 is 23.2 Å². The van der Waals surface area contributed by atoms with Crippen LogP contribution in [0.1, 0.15) is 20.3 Å². The third-order valence-corrected chi connectivity index (χ3v) is 4.87. The quantitative estimate of drug-likeness (QED) is 0.845. The summed E-state index contributed by atoms with van der Waals surface area (Å²) in [5.74, 6) is 0. The van der Waals surface area contributed by atoms with Gasteiger partial charge in [-0.3, -0.25) is 0 Å². The van der Waals surface area contributed by atoms with E-state index in [1.54, 1.807) is 0 Å². The zero-order valence-electron chi connectivity index (χ0n) is 10.8. The van der Waals surface area contributed by atoms with Gasteiger partial charge in [-0.2, -0.15) is 0 Å². The molecule has 0 aliphatic heterocycles. The Hall–Kier alpha value is -0.330. The number of nitrogens with one attached hydrogen (secondary N) is 1. The van der Waals surface area contributed by atoms with Crippen molar-refractivity contribution in [2.45, 2.75) is 25.2 Å². The summed E-state index contributed by atoms with van der Waals surface area (Å²) >= 11 is 11.5. The SMILES string of the molecule is CC(C)(CCO)CNS(=O)(=O)c1ccc(Cl)c(Cl)c1. The average molecular weight is 326 g/mol. The molecule has 1 rings (SSSR count). The molecule has 4 nitrogen and oxygen atoms in total. The maximum absolute atomic E-state index is 12.1. The van der Waals surface area contributed by atoms with Gasteiger partial charge in [0.05, 0.1) is 14.9 Å². The third kappa shape index (κ3) is 4.93. The highest BCUT2D eigenvalue weighted by Crippen LogP contribution is 2.25. The molecule has 0 aliphatic rings. The number of hydrogen-bond acceptors (Lipinski definition) is 3. The molecule has 1 aromatic rings. The van der Waals surface area contributed by atoms with Gasteiger partial charge in [0.25, 0.3) is 0 Å². The number of rotatable bonds is 6. The fourth-order valence-electron chi connectivity index (χ4n) is 1.41. The van der Waals surface area contributed by atoms with Crippen LogP contribution in [0.4, 0.5) is 0 Å². The Balaban J connectivity index is 2.84. The predicted octanol–water partition coefficient (Wildman–Crippen LogP) is 2.68. The van der Waals surface area contributed by atoms with Crippen LogP contribution in [-0.2, 0) is 10.0 Å². The minimum absolute atomic E-state index is 0.0154. The number of aliphatic hydroxyl groups is 1. The van der Waals surface area contributed by atoms with E-state index in [0.717, 1.165) is 0 Å². The number of sulfonamides is 1. The maximum atomic E-state index is 12.1. The molecular formula is C12H17Cl2NO3S. The number of benzene rings is 1. The van der Waals surface area contributed by atoms with E-state index in [9.17, 15) is 8.42 Å². The van der Waals surface area contributed by atoms with E-state index in [4.69, 9.17) is 28.3 Å².